The third-order valence-corrected chi connectivity index (χ3v) is 5.23. The Balaban J connectivity index is 1.44. The molecule has 7 heteroatoms. The molecule has 0 unspecified atom stereocenters. The summed E-state index contributed by atoms with van der Waals surface area (Å²) >= 11 is 0. The highest BCUT2D eigenvalue weighted by molar-refractivity contribution is 5.76. The number of carbonyl (C=O) groups is 1. The molecule has 32 heavy (non-hydrogen) atoms. The Hall–Kier alpha value is -3.74. The number of hydrogen-bond donors (Lipinski definition) is 0. The molecule has 0 N–H and O–H groups in total. The summed E-state index contributed by atoms with van der Waals surface area (Å²) in [6, 6.07) is 22.0. The molecule has 4 aromatic rings. The number of aromatic nitrogens is 4. The van der Waals surface area contributed by atoms with Crippen molar-refractivity contribution < 1.29 is 9.21 Å². The molecule has 0 saturated carbocycles. The third-order valence-electron chi connectivity index (χ3n) is 5.23. The zero-order chi connectivity index (χ0) is 22.3. The smallest absolute Gasteiger partial charge is 0.265 e. The second kappa shape index (κ2) is 10.0. The van der Waals surface area contributed by atoms with Crippen LogP contribution in [0.1, 0.15) is 36.1 Å². The first-order valence-corrected chi connectivity index (χ1v) is 10.8. The van der Waals surface area contributed by atoms with Crippen molar-refractivity contribution in [3.63, 3.8) is 0 Å². The van der Waals surface area contributed by atoms with Crippen LogP contribution in [0.5, 0.6) is 0 Å². The van der Waals surface area contributed by atoms with Gasteiger partial charge in [0.1, 0.15) is 5.69 Å². The largest absolute Gasteiger partial charge is 0.419 e. The molecule has 0 aliphatic rings. The highest BCUT2D eigenvalue weighted by Gasteiger charge is 2.18. The van der Waals surface area contributed by atoms with Crippen LogP contribution in [0, 0.1) is 6.92 Å². The lowest BCUT2D eigenvalue weighted by Gasteiger charge is -2.23. The summed E-state index contributed by atoms with van der Waals surface area (Å²) in [7, 11) is 0. The van der Waals surface area contributed by atoms with Crippen LogP contribution in [-0.4, -0.2) is 30.8 Å². The zero-order valence-electron chi connectivity index (χ0n) is 18.4. The molecule has 0 atom stereocenters. The van der Waals surface area contributed by atoms with Crippen molar-refractivity contribution in [1.29, 1.82) is 0 Å². The monoisotopic (exact) mass is 429 g/mol. The number of carbonyl (C=O) groups excluding carboxylic acids is 1. The van der Waals surface area contributed by atoms with Crippen LogP contribution in [0.3, 0.4) is 0 Å². The maximum Gasteiger partial charge on any atom is 0.265 e. The van der Waals surface area contributed by atoms with Crippen molar-refractivity contribution >= 4 is 5.91 Å². The predicted molar refractivity (Wildman–Crippen MR) is 121 cm³/mol. The average Bonchev–Trinajstić information content (AvgIpc) is 3.44. The van der Waals surface area contributed by atoms with E-state index >= 15 is 0 Å². The van der Waals surface area contributed by atoms with Gasteiger partial charge < -0.3 is 9.32 Å². The standard InChI is InChI=1S/C25H27N5O2/c1-3-30-22(16-19(2)28-30)25-27-26-23(32-25)14-15-24(31)29(17-20-10-6-4-7-11-20)18-21-12-8-5-9-13-21/h4-13,16H,3,14-15,17-18H2,1-2H3. The molecule has 164 valence electrons. The van der Waals surface area contributed by atoms with Crippen molar-refractivity contribution in [3.05, 3.63) is 89.4 Å². The Kier molecular flexibility index (Phi) is 6.75. The van der Waals surface area contributed by atoms with Crippen LogP contribution in [0.25, 0.3) is 11.6 Å². The first-order chi connectivity index (χ1) is 15.6. The first kappa shape index (κ1) is 21.5. The second-order valence-electron chi connectivity index (χ2n) is 7.71. The SMILES string of the molecule is CCn1nc(C)cc1-c1nnc(CCC(=O)N(Cc2ccccc2)Cc2ccccc2)o1. The molecule has 0 aliphatic heterocycles. The predicted octanol–water partition coefficient (Wildman–Crippen LogP) is 4.42. The number of hydrogen-bond acceptors (Lipinski definition) is 5. The summed E-state index contributed by atoms with van der Waals surface area (Å²) in [6.07, 6.45) is 0.693. The summed E-state index contributed by atoms with van der Waals surface area (Å²) in [5, 5.41) is 12.7. The van der Waals surface area contributed by atoms with Crippen LogP contribution in [0.15, 0.2) is 71.1 Å². The van der Waals surface area contributed by atoms with Crippen LogP contribution in [-0.2, 0) is 30.8 Å². The summed E-state index contributed by atoms with van der Waals surface area (Å²) in [4.78, 5) is 15.0. The minimum atomic E-state index is 0.0481. The molecule has 0 bridgehead atoms. The number of rotatable bonds is 9. The van der Waals surface area contributed by atoms with E-state index in [4.69, 9.17) is 4.42 Å². The first-order valence-electron chi connectivity index (χ1n) is 10.8. The molecule has 0 spiro atoms. The molecule has 0 saturated heterocycles. The van der Waals surface area contributed by atoms with Gasteiger partial charge in [-0.25, -0.2) is 0 Å². The molecule has 7 nitrogen and oxygen atoms in total. The maximum atomic E-state index is 13.1. The minimum absolute atomic E-state index is 0.0481. The van der Waals surface area contributed by atoms with Gasteiger partial charge in [-0.3, -0.25) is 9.48 Å². The fourth-order valence-electron chi connectivity index (χ4n) is 3.63. The summed E-state index contributed by atoms with van der Waals surface area (Å²) in [6.45, 7) is 5.77. The van der Waals surface area contributed by atoms with Crippen molar-refractivity contribution in [2.45, 2.75) is 46.3 Å². The van der Waals surface area contributed by atoms with Crippen LogP contribution >= 0.6 is 0 Å². The van der Waals surface area contributed by atoms with Crippen LogP contribution in [0.4, 0.5) is 0 Å². The van der Waals surface area contributed by atoms with Gasteiger partial charge in [-0.2, -0.15) is 5.10 Å². The van der Waals surface area contributed by atoms with Gasteiger partial charge in [0, 0.05) is 32.5 Å². The lowest BCUT2D eigenvalue weighted by Crippen LogP contribution is -2.30. The van der Waals surface area contributed by atoms with E-state index in [0.29, 0.717) is 44.3 Å². The van der Waals surface area contributed by atoms with E-state index in [2.05, 4.69) is 15.3 Å². The van der Waals surface area contributed by atoms with Gasteiger partial charge in [0.05, 0.1) is 5.69 Å². The zero-order valence-corrected chi connectivity index (χ0v) is 18.4. The van der Waals surface area contributed by atoms with E-state index in [1.54, 1.807) is 0 Å². The Labute approximate surface area is 187 Å². The van der Waals surface area contributed by atoms with E-state index in [1.807, 2.05) is 90.2 Å². The van der Waals surface area contributed by atoms with Gasteiger partial charge in [-0.05, 0) is 31.0 Å². The van der Waals surface area contributed by atoms with Crippen molar-refractivity contribution in [2.24, 2.45) is 0 Å². The molecule has 0 radical (unpaired) electrons. The molecule has 0 aliphatic carbocycles. The molecule has 2 aromatic heterocycles. The quantitative estimate of drug-likeness (QED) is 0.394. The number of amides is 1. The van der Waals surface area contributed by atoms with Crippen molar-refractivity contribution in [3.8, 4) is 11.6 Å². The van der Waals surface area contributed by atoms with Gasteiger partial charge in [0.2, 0.25) is 11.8 Å². The molecule has 2 heterocycles. The van der Waals surface area contributed by atoms with Crippen molar-refractivity contribution in [2.75, 3.05) is 0 Å². The third kappa shape index (κ3) is 5.29. The number of benzene rings is 2. The Morgan fingerprint density at radius 2 is 1.59 bits per heavy atom. The number of aryl methyl sites for hydroxylation is 3. The topological polar surface area (TPSA) is 77.1 Å². The van der Waals surface area contributed by atoms with E-state index < -0.39 is 0 Å². The van der Waals surface area contributed by atoms with Crippen molar-refractivity contribution in [1.82, 2.24) is 24.9 Å². The van der Waals surface area contributed by atoms with Gasteiger partial charge >= 0.3 is 0 Å². The Bertz CT molecular complexity index is 1110. The molecule has 2 aromatic carbocycles. The summed E-state index contributed by atoms with van der Waals surface area (Å²) in [5.74, 6) is 0.932. The molecule has 4 rings (SSSR count). The van der Waals surface area contributed by atoms with E-state index in [-0.39, 0.29) is 5.91 Å². The fourth-order valence-corrected chi connectivity index (χ4v) is 3.63. The molecular weight excluding hydrogens is 402 g/mol. The van der Waals surface area contributed by atoms with E-state index in [9.17, 15) is 4.79 Å². The highest BCUT2D eigenvalue weighted by atomic mass is 16.4. The molecule has 1 amide bonds. The van der Waals surface area contributed by atoms with E-state index in [0.717, 1.165) is 22.5 Å². The van der Waals surface area contributed by atoms with Gasteiger partial charge in [0.25, 0.3) is 5.89 Å². The fraction of sp³-hybridized carbons (Fsp3) is 0.280. The Morgan fingerprint density at radius 1 is 0.969 bits per heavy atom. The normalized spacial score (nSPS) is 10.9. The number of nitrogens with zero attached hydrogens (tertiary/aromatic N) is 5. The molecular formula is C25H27N5O2. The van der Waals surface area contributed by atoms with Crippen LogP contribution in [0.2, 0.25) is 0 Å². The van der Waals surface area contributed by atoms with Gasteiger partial charge in [0.15, 0.2) is 0 Å². The Morgan fingerprint density at radius 3 is 2.19 bits per heavy atom. The minimum Gasteiger partial charge on any atom is -0.419 e. The van der Waals surface area contributed by atoms with E-state index in [1.165, 1.54) is 0 Å². The lowest BCUT2D eigenvalue weighted by atomic mass is 10.1. The second-order valence-corrected chi connectivity index (χ2v) is 7.71. The molecule has 0 fully saturated rings. The maximum absolute atomic E-state index is 13.1. The van der Waals surface area contributed by atoms with Gasteiger partial charge in [-0.15, -0.1) is 10.2 Å². The average molecular weight is 430 g/mol. The lowest BCUT2D eigenvalue weighted by molar-refractivity contribution is -0.132. The summed E-state index contributed by atoms with van der Waals surface area (Å²) in [5.41, 5.74) is 3.89. The highest BCUT2D eigenvalue weighted by Crippen LogP contribution is 2.20. The van der Waals surface area contributed by atoms with Crippen LogP contribution < -0.4 is 0 Å². The van der Waals surface area contributed by atoms with Gasteiger partial charge in [-0.1, -0.05) is 60.7 Å². The summed E-state index contributed by atoms with van der Waals surface area (Å²) < 4.78 is 7.67.